The number of nitrogens with zero attached hydrogens (tertiary/aromatic N) is 6. The molecule has 1 aliphatic heterocycles. The van der Waals surface area contributed by atoms with E-state index in [1.807, 2.05) is 13.0 Å². The van der Waals surface area contributed by atoms with Gasteiger partial charge in [-0.25, -0.2) is 19.2 Å². The molecular formula is C17H21N7O2S. The molecule has 0 aliphatic carbocycles. The van der Waals surface area contributed by atoms with Crippen molar-refractivity contribution in [2.75, 3.05) is 42.9 Å². The van der Waals surface area contributed by atoms with Gasteiger partial charge in [-0.2, -0.15) is 9.62 Å². The summed E-state index contributed by atoms with van der Waals surface area (Å²) in [4.78, 5) is 15.1. The van der Waals surface area contributed by atoms with Crippen LogP contribution in [-0.2, 0) is 14.5 Å². The molecule has 9 nitrogen and oxygen atoms in total. The van der Waals surface area contributed by atoms with Gasteiger partial charge < -0.3 is 15.4 Å². The first-order valence-corrected chi connectivity index (χ1v) is 10.7. The van der Waals surface area contributed by atoms with Gasteiger partial charge in [0.05, 0.1) is 19.3 Å². The van der Waals surface area contributed by atoms with Gasteiger partial charge in [-0.1, -0.05) is 0 Å². The zero-order valence-corrected chi connectivity index (χ0v) is 16.2. The number of nitriles is 1. The number of morpholine rings is 1. The summed E-state index contributed by atoms with van der Waals surface area (Å²) in [5.41, 5.74) is 6.53. The van der Waals surface area contributed by atoms with Crippen LogP contribution in [-0.4, -0.2) is 57.5 Å². The van der Waals surface area contributed by atoms with Gasteiger partial charge in [0.1, 0.15) is 23.4 Å². The Morgan fingerprint density at radius 1 is 1.33 bits per heavy atom. The Morgan fingerprint density at radius 2 is 2.11 bits per heavy atom. The Bertz CT molecular complexity index is 1020. The average molecular weight is 387 g/mol. The molecule has 10 heteroatoms. The van der Waals surface area contributed by atoms with Gasteiger partial charge >= 0.3 is 0 Å². The molecule has 0 saturated carbocycles. The van der Waals surface area contributed by atoms with Crippen LogP contribution < -0.4 is 10.6 Å². The Balaban J connectivity index is 2.17. The van der Waals surface area contributed by atoms with E-state index in [0.717, 1.165) is 0 Å². The second kappa shape index (κ2) is 7.46. The van der Waals surface area contributed by atoms with E-state index in [1.54, 1.807) is 30.7 Å². The van der Waals surface area contributed by atoms with E-state index < -0.39 is 9.73 Å². The van der Waals surface area contributed by atoms with Crippen LogP contribution in [0.5, 0.6) is 0 Å². The minimum Gasteiger partial charge on any atom is -0.384 e. The van der Waals surface area contributed by atoms with Crippen LogP contribution >= 0.6 is 0 Å². The van der Waals surface area contributed by atoms with Crippen molar-refractivity contribution in [3.05, 3.63) is 23.9 Å². The highest BCUT2D eigenvalue weighted by Gasteiger charge is 2.22. The van der Waals surface area contributed by atoms with E-state index in [0.29, 0.717) is 42.8 Å². The fourth-order valence-corrected chi connectivity index (χ4v) is 3.32. The normalized spacial score (nSPS) is 17.4. The molecule has 1 saturated heterocycles. The lowest BCUT2D eigenvalue weighted by atomic mass is 10.2. The molecule has 2 aromatic rings. The third-order valence-electron chi connectivity index (χ3n) is 3.89. The van der Waals surface area contributed by atoms with Crippen molar-refractivity contribution in [3.63, 3.8) is 0 Å². The number of rotatable bonds is 3. The maximum Gasteiger partial charge on any atom is 0.167 e. The van der Waals surface area contributed by atoms with E-state index in [4.69, 9.17) is 15.7 Å². The van der Waals surface area contributed by atoms with E-state index in [1.165, 1.54) is 0 Å². The van der Waals surface area contributed by atoms with Crippen LogP contribution in [0.15, 0.2) is 22.6 Å². The molecule has 0 aromatic carbocycles. The van der Waals surface area contributed by atoms with Crippen LogP contribution in [0.3, 0.4) is 0 Å². The summed E-state index contributed by atoms with van der Waals surface area (Å²) in [7, 11) is -2.41. The Morgan fingerprint density at radius 3 is 2.78 bits per heavy atom. The van der Waals surface area contributed by atoms with Gasteiger partial charge in [-0.05, 0) is 19.1 Å². The zero-order valence-electron chi connectivity index (χ0n) is 15.4. The van der Waals surface area contributed by atoms with Crippen molar-refractivity contribution in [2.24, 2.45) is 4.36 Å². The first-order chi connectivity index (χ1) is 12.7. The highest BCUT2D eigenvalue weighted by Crippen LogP contribution is 2.27. The lowest BCUT2D eigenvalue weighted by Gasteiger charge is -2.34. The topological polar surface area (TPSA) is 130 Å². The lowest BCUT2D eigenvalue weighted by molar-refractivity contribution is 0.0985. The lowest BCUT2D eigenvalue weighted by Crippen LogP contribution is -2.44. The molecule has 142 valence electrons. The molecule has 27 heavy (non-hydrogen) atoms. The van der Waals surface area contributed by atoms with Crippen LogP contribution in [0, 0.1) is 11.3 Å². The first kappa shape index (κ1) is 19.0. The molecule has 3 rings (SSSR count). The smallest absolute Gasteiger partial charge is 0.167 e. The van der Waals surface area contributed by atoms with Gasteiger partial charge in [0, 0.05) is 40.4 Å². The standard InChI is InChI=1S/C17H21N7O2S/c1-11-10-26-5-4-24(11)16-8-15(23-27(2,3)25)21-17(22-16)12-6-13(9-18)20-14(19)7-12/h6-8,11H,4-5,10H2,1-3H3,(H2,19,20)/t11-/m1/s1. The van der Waals surface area contributed by atoms with Gasteiger partial charge in [0.2, 0.25) is 0 Å². The molecule has 0 radical (unpaired) electrons. The highest BCUT2D eigenvalue weighted by atomic mass is 32.2. The number of pyridine rings is 1. The summed E-state index contributed by atoms with van der Waals surface area (Å²) in [5, 5.41) is 9.15. The second-order valence-electron chi connectivity index (χ2n) is 6.58. The molecule has 3 heterocycles. The molecular weight excluding hydrogens is 366 g/mol. The number of anilines is 2. The molecule has 0 spiro atoms. The molecule has 2 aromatic heterocycles. The summed E-state index contributed by atoms with van der Waals surface area (Å²) in [6.07, 6.45) is 3.09. The Hall–Kier alpha value is -2.77. The second-order valence-corrected chi connectivity index (χ2v) is 9.12. The number of ether oxygens (including phenoxy) is 1. The third kappa shape index (κ3) is 4.69. The zero-order chi connectivity index (χ0) is 19.6. The SMILES string of the molecule is C[C@@H]1COCCN1c1cc(N=S(C)(C)=O)nc(-c2cc(N)nc(C#N)c2)n1. The maximum atomic E-state index is 12.2. The van der Waals surface area contributed by atoms with Crippen LogP contribution in [0.1, 0.15) is 12.6 Å². The van der Waals surface area contributed by atoms with Crippen molar-refractivity contribution in [1.29, 1.82) is 5.26 Å². The minimum absolute atomic E-state index is 0.124. The van der Waals surface area contributed by atoms with Gasteiger partial charge in [-0.15, -0.1) is 0 Å². The van der Waals surface area contributed by atoms with E-state index in [2.05, 4.69) is 24.2 Å². The number of hydrogen-bond acceptors (Lipinski definition) is 9. The fourth-order valence-electron chi connectivity index (χ4n) is 2.78. The molecule has 2 N–H and O–H groups in total. The van der Waals surface area contributed by atoms with Crippen molar-refractivity contribution in [3.8, 4) is 17.5 Å². The predicted molar refractivity (Wildman–Crippen MR) is 104 cm³/mol. The monoisotopic (exact) mass is 387 g/mol. The van der Waals surface area contributed by atoms with Gasteiger partial charge in [-0.3, -0.25) is 0 Å². The highest BCUT2D eigenvalue weighted by molar-refractivity contribution is 7.92. The van der Waals surface area contributed by atoms with Gasteiger partial charge in [0.15, 0.2) is 11.6 Å². The third-order valence-corrected chi connectivity index (χ3v) is 4.52. The van der Waals surface area contributed by atoms with Crippen molar-refractivity contribution in [2.45, 2.75) is 13.0 Å². The van der Waals surface area contributed by atoms with Gasteiger partial charge in [0.25, 0.3) is 0 Å². The molecule has 1 fully saturated rings. The number of nitrogens with two attached hydrogens (primary N) is 1. The van der Waals surface area contributed by atoms with E-state index in [-0.39, 0.29) is 17.6 Å². The molecule has 0 bridgehead atoms. The summed E-state index contributed by atoms with van der Waals surface area (Å²) in [6.45, 7) is 3.89. The average Bonchev–Trinajstić information content (AvgIpc) is 2.59. The largest absolute Gasteiger partial charge is 0.384 e. The maximum absolute atomic E-state index is 12.2. The van der Waals surface area contributed by atoms with Crippen molar-refractivity contribution < 1.29 is 8.95 Å². The molecule has 0 unspecified atom stereocenters. The minimum atomic E-state index is -2.41. The molecule has 0 amide bonds. The number of aromatic nitrogens is 3. The number of hydrogen-bond donors (Lipinski definition) is 1. The summed E-state index contributed by atoms with van der Waals surface area (Å²) < 4.78 is 21.9. The van der Waals surface area contributed by atoms with Crippen LogP contribution in [0.25, 0.3) is 11.4 Å². The van der Waals surface area contributed by atoms with Crippen LogP contribution in [0.4, 0.5) is 17.5 Å². The number of nitrogen functional groups attached to an aromatic ring is 1. The Kier molecular flexibility index (Phi) is 5.25. The van der Waals surface area contributed by atoms with Crippen molar-refractivity contribution >= 4 is 27.2 Å². The molecule has 1 aliphatic rings. The predicted octanol–water partition coefficient (Wildman–Crippen LogP) is 1.58. The quantitative estimate of drug-likeness (QED) is 0.840. The summed E-state index contributed by atoms with van der Waals surface area (Å²) in [5.74, 6) is 1.52. The fraction of sp³-hybridized carbons (Fsp3) is 0.412. The summed E-state index contributed by atoms with van der Waals surface area (Å²) >= 11 is 0. The first-order valence-electron chi connectivity index (χ1n) is 8.34. The van der Waals surface area contributed by atoms with E-state index >= 15 is 0 Å². The Labute approximate surface area is 158 Å². The van der Waals surface area contributed by atoms with Crippen LogP contribution in [0.2, 0.25) is 0 Å². The summed E-state index contributed by atoms with van der Waals surface area (Å²) in [6, 6.07) is 6.98. The van der Waals surface area contributed by atoms with Crippen molar-refractivity contribution in [1.82, 2.24) is 15.0 Å². The van der Waals surface area contributed by atoms with E-state index in [9.17, 15) is 4.21 Å². The molecule has 1 atom stereocenters.